The molecule has 0 saturated carbocycles. The van der Waals surface area contributed by atoms with Crippen molar-refractivity contribution in [3.8, 4) is 0 Å². The van der Waals surface area contributed by atoms with Gasteiger partial charge in [0.25, 0.3) is 11.8 Å². The Hall–Kier alpha value is -5.61. The summed E-state index contributed by atoms with van der Waals surface area (Å²) < 4.78 is 44.1. The van der Waals surface area contributed by atoms with Crippen molar-refractivity contribution in [2.24, 2.45) is 0 Å². The zero-order valence-electron chi connectivity index (χ0n) is 28.0. The summed E-state index contributed by atoms with van der Waals surface area (Å²) in [5.41, 5.74) is 1.74. The Kier molecular flexibility index (Phi) is 10.9. The second-order valence-corrected chi connectivity index (χ2v) is 13.8. The van der Waals surface area contributed by atoms with Gasteiger partial charge >= 0.3 is 18.2 Å². The van der Waals surface area contributed by atoms with Gasteiger partial charge in [-0.3, -0.25) is 14.4 Å². The molecule has 3 aromatic carbocycles. The van der Waals surface area contributed by atoms with E-state index in [1.54, 1.807) is 67.6 Å². The molecule has 0 radical (unpaired) electrons. The number of cyclic esters (lactones) is 2. The number of aryl methyl sites for hydroxylation is 1. The van der Waals surface area contributed by atoms with E-state index in [4.69, 9.17) is 14.2 Å². The van der Waals surface area contributed by atoms with E-state index in [9.17, 15) is 37.2 Å². The van der Waals surface area contributed by atoms with Crippen molar-refractivity contribution in [3.05, 3.63) is 102 Å². The third kappa shape index (κ3) is 7.76. The van der Waals surface area contributed by atoms with Gasteiger partial charge in [0.05, 0.1) is 18.0 Å². The number of carbonyl (C=O) groups is 6. The predicted octanol–water partition coefficient (Wildman–Crippen LogP) is 2.39. The van der Waals surface area contributed by atoms with Crippen LogP contribution in [0, 0.1) is 6.92 Å². The second-order valence-electron chi connectivity index (χ2n) is 12.0. The summed E-state index contributed by atoms with van der Waals surface area (Å²) in [6, 6.07) is 16.1. The molecule has 2 saturated heterocycles. The Morgan fingerprint density at radius 1 is 0.843 bits per heavy atom. The number of benzene rings is 3. The molecule has 15 nitrogen and oxygen atoms in total. The number of nitrogens with one attached hydrogen (secondary N) is 2. The normalized spacial score (nSPS) is 21.3. The van der Waals surface area contributed by atoms with Crippen LogP contribution in [0.15, 0.2) is 89.8 Å². The Bertz CT molecular complexity index is 1920. The number of ether oxygens (including phenoxy) is 3. The van der Waals surface area contributed by atoms with Gasteiger partial charge in [0, 0.05) is 6.42 Å². The van der Waals surface area contributed by atoms with Gasteiger partial charge in [-0.1, -0.05) is 78.4 Å². The van der Waals surface area contributed by atoms with Gasteiger partial charge < -0.3 is 19.5 Å². The summed E-state index contributed by atoms with van der Waals surface area (Å²) in [5, 5.41) is 2.54. The molecule has 2 heterocycles. The molecule has 16 heteroatoms. The highest BCUT2D eigenvalue weighted by molar-refractivity contribution is 7.89. The molecule has 268 valence electrons. The minimum atomic E-state index is -4.28. The molecule has 2 aliphatic heterocycles. The summed E-state index contributed by atoms with van der Waals surface area (Å²) in [5.74, 6) is -4.13. The van der Waals surface area contributed by atoms with Crippen LogP contribution in [0.3, 0.4) is 0 Å². The number of esters is 1. The maximum absolute atomic E-state index is 14.5. The van der Waals surface area contributed by atoms with Crippen molar-refractivity contribution in [2.75, 3.05) is 7.11 Å². The minimum absolute atomic E-state index is 0.0167. The first kappa shape index (κ1) is 36.7. The minimum Gasteiger partial charge on any atom is -0.467 e. The molecule has 2 aliphatic rings. The van der Waals surface area contributed by atoms with E-state index in [2.05, 4.69) is 10.0 Å². The summed E-state index contributed by atoms with van der Waals surface area (Å²) in [4.78, 5) is 82.3. The van der Waals surface area contributed by atoms with Crippen molar-refractivity contribution in [1.29, 1.82) is 0 Å². The number of imide groups is 2. The number of rotatable bonds is 11. The smallest absolute Gasteiger partial charge is 0.418 e. The summed E-state index contributed by atoms with van der Waals surface area (Å²) in [7, 11) is -3.14. The first-order chi connectivity index (χ1) is 24.2. The third-order valence-electron chi connectivity index (χ3n) is 8.44. The molecule has 0 aromatic heterocycles. The number of sulfonamides is 1. The van der Waals surface area contributed by atoms with E-state index in [1.807, 2.05) is 0 Å². The highest BCUT2D eigenvalue weighted by Gasteiger charge is 2.57. The number of hydrogen-bond acceptors (Lipinski definition) is 11. The molecule has 5 amide bonds. The highest BCUT2D eigenvalue weighted by atomic mass is 32.2. The van der Waals surface area contributed by atoms with Crippen LogP contribution in [-0.4, -0.2) is 91.5 Å². The maximum Gasteiger partial charge on any atom is 0.418 e. The molecule has 0 aliphatic carbocycles. The molecule has 0 bridgehead atoms. The van der Waals surface area contributed by atoms with Crippen molar-refractivity contribution in [3.63, 3.8) is 0 Å². The lowest BCUT2D eigenvalue weighted by Gasteiger charge is -2.29. The molecule has 0 spiro atoms. The van der Waals surface area contributed by atoms with Crippen molar-refractivity contribution < 1.29 is 51.4 Å². The van der Waals surface area contributed by atoms with Crippen LogP contribution in [0.25, 0.3) is 0 Å². The fourth-order valence-electron chi connectivity index (χ4n) is 5.86. The first-order valence-corrected chi connectivity index (χ1v) is 17.3. The zero-order chi connectivity index (χ0) is 37.0. The van der Waals surface area contributed by atoms with Crippen molar-refractivity contribution >= 4 is 45.9 Å². The molecular weight excluding hydrogens is 684 g/mol. The summed E-state index contributed by atoms with van der Waals surface area (Å²) in [6.07, 6.45) is -5.22. The molecule has 6 atom stereocenters. The van der Waals surface area contributed by atoms with Gasteiger partial charge in [-0.15, -0.1) is 0 Å². The van der Waals surface area contributed by atoms with Gasteiger partial charge in [0.1, 0.15) is 12.1 Å². The zero-order valence-corrected chi connectivity index (χ0v) is 28.9. The standard InChI is InChI=1S/C35H36N4O11S/c1-20-15-17-25(18-16-20)51(46,47)37-21(2)31(41)39-28(29(50-35(39)45)24-13-9-6-10-14-24)32(42)38-27(22(3)49-34(38)44)30(40)36-26(33(43)48-4)19-23-11-7-5-8-12-23/h5-18,21-22,26-29,37H,19H2,1-4H3,(H,36,40)/t21-,22+,26-,27-,28-,29+/m0/s1. The first-order valence-electron chi connectivity index (χ1n) is 15.9. The third-order valence-corrected chi connectivity index (χ3v) is 10.00. The van der Waals surface area contributed by atoms with Crippen LogP contribution in [0.1, 0.15) is 36.6 Å². The van der Waals surface area contributed by atoms with E-state index in [-0.39, 0.29) is 16.9 Å². The molecule has 3 aromatic rings. The maximum atomic E-state index is 14.5. The molecular formula is C35H36N4O11S. The number of carbonyl (C=O) groups excluding carboxylic acids is 6. The second kappa shape index (κ2) is 15.1. The van der Waals surface area contributed by atoms with Gasteiger partial charge in [-0.05, 0) is 44.0 Å². The molecule has 5 rings (SSSR count). The quantitative estimate of drug-likeness (QED) is 0.218. The summed E-state index contributed by atoms with van der Waals surface area (Å²) >= 11 is 0. The van der Waals surface area contributed by atoms with Crippen LogP contribution in [0.4, 0.5) is 9.59 Å². The van der Waals surface area contributed by atoms with Crippen LogP contribution in [-0.2, 0) is 49.8 Å². The summed E-state index contributed by atoms with van der Waals surface area (Å²) in [6.45, 7) is 4.30. The molecule has 2 N–H and O–H groups in total. The van der Waals surface area contributed by atoms with Gasteiger partial charge in [-0.2, -0.15) is 4.72 Å². The average molecular weight is 721 g/mol. The monoisotopic (exact) mass is 720 g/mol. The van der Waals surface area contributed by atoms with Gasteiger partial charge in [0.2, 0.25) is 15.9 Å². The molecule has 0 unspecified atom stereocenters. The lowest BCUT2D eigenvalue weighted by Crippen LogP contribution is -2.60. The van der Waals surface area contributed by atoms with E-state index < -0.39 is 82.3 Å². The highest BCUT2D eigenvalue weighted by Crippen LogP contribution is 2.36. The number of amides is 5. The largest absolute Gasteiger partial charge is 0.467 e. The predicted molar refractivity (Wildman–Crippen MR) is 178 cm³/mol. The lowest BCUT2D eigenvalue weighted by molar-refractivity contribution is -0.147. The van der Waals surface area contributed by atoms with E-state index in [1.165, 1.54) is 38.1 Å². The van der Waals surface area contributed by atoms with E-state index in [0.29, 0.717) is 15.4 Å². The number of hydrogen-bond donors (Lipinski definition) is 2. The van der Waals surface area contributed by atoms with Crippen LogP contribution in [0.2, 0.25) is 0 Å². The lowest BCUT2D eigenvalue weighted by atomic mass is 9.99. The van der Waals surface area contributed by atoms with Crippen LogP contribution < -0.4 is 10.0 Å². The Morgan fingerprint density at radius 3 is 2.04 bits per heavy atom. The Balaban J connectivity index is 1.46. The van der Waals surface area contributed by atoms with E-state index in [0.717, 1.165) is 12.7 Å². The average Bonchev–Trinajstić information content (AvgIpc) is 3.62. The Labute approximate surface area is 293 Å². The number of nitrogens with zero attached hydrogens (tertiary/aromatic N) is 2. The van der Waals surface area contributed by atoms with Gasteiger partial charge in [0.15, 0.2) is 18.2 Å². The molecule has 51 heavy (non-hydrogen) atoms. The van der Waals surface area contributed by atoms with Gasteiger partial charge in [-0.25, -0.2) is 32.6 Å². The SMILES string of the molecule is COC(=O)[C@H](Cc1ccccc1)NC(=O)[C@@H]1[C@@H](C)OC(=O)N1C(=O)[C@@H]1[C@@H](c2ccccc2)OC(=O)N1C(=O)[C@H](C)NS(=O)(=O)c1ccc(C)cc1. The van der Waals surface area contributed by atoms with E-state index >= 15 is 0 Å². The van der Waals surface area contributed by atoms with Crippen molar-refractivity contribution in [2.45, 2.75) is 68.5 Å². The Morgan fingerprint density at radius 2 is 1.43 bits per heavy atom. The van der Waals surface area contributed by atoms with Crippen molar-refractivity contribution in [1.82, 2.24) is 19.8 Å². The van der Waals surface area contributed by atoms with Crippen LogP contribution in [0.5, 0.6) is 0 Å². The number of methoxy groups -OCH3 is 1. The van der Waals surface area contributed by atoms with Crippen LogP contribution >= 0.6 is 0 Å². The topological polar surface area (TPSA) is 195 Å². The fraction of sp³-hybridized carbons (Fsp3) is 0.314. The molecule has 2 fully saturated rings. The fourth-order valence-corrected chi connectivity index (χ4v) is 7.06.